The van der Waals surface area contributed by atoms with Gasteiger partial charge in [-0.05, 0) is 11.8 Å². The number of hydrogen-bond donors (Lipinski definition) is 2. The molecule has 0 aromatic carbocycles. The van der Waals surface area contributed by atoms with Gasteiger partial charge in [-0.1, -0.05) is 13.8 Å². The number of urea groups is 1. The van der Waals surface area contributed by atoms with Crippen molar-refractivity contribution >= 4 is 12.0 Å². The van der Waals surface area contributed by atoms with Crippen molar-refractivity contribution < 1.29 is 24.2 Å². The van der Waals surface area contributed by atoms with E-state index < -0.39 is 12.0 Å². The maximum absolute atomic E-state index is 12.2. The van der Waals surface area contributed by atoms with Crippen molar-refractivity contribution in [2.24, 2.45) is 5.41 Å². The fourth-order valence-corrected chi connectivity index (χ4v) is 2.31. The predicted molar refractivity (Wildman–Crippen MR) is 77.2 cm³/mol. The maximum Gasteiger partial charge on any atom is 0.326 e. The summed E-state index contributed by atoms with van der Waals surface area (Å²) >= 11 is 0. The van der Waals surface area contributed by atoms with Crippen LogP contribution in [0.4, 0.5) is 4.79 Å². The molecule has 0 saturated carbocycles. The minimum absolute atomic E-state index is 0.106. The Bertz CT molecular complexity index is 372. The molecular formula is C14H26N2O5. The molecule has 1 saturated heterocycles. The van der Waals surface area contributed by atoms with E-state index in [1.165, 1.54) is 12.0 Å². The van der Waals surface area contributed by atoms with Gasteiger partial charge in [-0.15, -0.1) is 0 Å². The first kappa shape index (κ1) is 17.7. The molecule has 0 aliphatic carbocycles. The van der Waals surface area contributed by atoms with Crippen LogP contribution in [-0.2, 0) is 14.3 Å². The molecule has 1 aliphatic rings. The van der Waals surface area contributed by atoms with E-state index >= 15 is 0 Å². The van der Waals surface area contributed by atoms with E-state index in [9.17, 15) is 14.7 Å². The molecule has 21 heavy (non-hydrogen) atoms. The summed E-state index contributed by atoms with van der Waals surface area (Å²) < 4.78 is 10.2. The van der Waals surface area contributed by atoms with Gasteiger partial charge in [0, 0.05) is 40.3 Å². The molecule has 2 N–H and O–H groups in total. The first-order valence-electron chi connectivity index (χ1n) is 7.09. The maximum atomic E-state index is 12.2. The SMILES string of the molecule is COCCC(C)(C)CNC(=O)N1CC(OC)CC1C(=O)O. The largest absolute Gasteiger partial charge is 0.480 e. The molecule has 2 amide bonds. The highest BCUT2D eigenvalue weighted by molar-refractivity contribution is 5.83. The lowest BCUT2D eigenvalue weighted by molar-refractivity contribution is -0.141. The molecule has 122 valence electrons. The smallest absolute Gasteiger partial charge is 0.326 e. The third-order valence-corrected chi connectivity index (χ3v) is 3.84. The van der Waals surface area contributed by atoms with Crippen molar-refractivity contribution in [1.82, 2.24) is 10.2 Å². The number of ether oxygens (including phenoxy) is 2. The van der Waals surface area contributed by atoms with Crippen LogP contribution in [0.1, 0.15) is 26.7 Å². The number of likely N-dealkylation sites (tertiary alicyclic amines) is 1. The summed E-state index contributed by atoms with van der Waals surface area (Å²) in [6.07, 6.45) is 0.914. The molecule has 0 spiro atoms. The van der Waals surface area contributed by atoms with Gasteiger partial charge in [0.05, 0.1) is 6.10 Å². The lowest BCUT2D eigenvalue weighted by Crippen LogP contribution is -2.48. The Morgan fingerprint density at radius 1 is 1.38 bits per heavy atom. The summed E-state index contributed by atoms with van der Waals surface area (Å²) in [4.78, 5) is 24.8. The summed E-state index contributed by atoms with van der Waals surface area (Å²) in [7, 11) is 3.17. The zero-order chi connectivity index (χ0) is 16.0. The second-order valence-corrected chi connectivity index (χ2v) is 6.17. The highest BCUT2D eigenvalue weighted by atomic mass is 16.5. The molecule has 1 fully saturated rings. The Labute approximate surface area is 125 Å². The van der Waals surface area contributed by atoms with Gasteiger partial charge in [0.15, 0.2) is 0 Å². The Kier molecular flexibility index (Phi) is 6.42. The van der Waals surface area contributed by atoms with E-state index in [1.54, 1.807) is 7.11 Å². The number of rotatable bonds is 7. The lowest BCUT2D eigenvalue weighted by atomic mass is 9.90. The summed E-state index contributed by atoms with van der Waals surface area (Å²) in [6, 6.07) is -1.18. The van der Waals surface area contributed by atoms with Crippen LogP contribution in [0.5, 0.6) is 0 Å². The molecule has 2 unspecified atom stereocenters. The van der Waals surface area contributed by atoms with E-state index in [-0.39, 0.29) is 17.6 Å². The number of carbonyl (C=O) groups excluding carboxylic acids is 1. The first-order chi connectivity index (χ1) is 9.80. The second kappa shape index (κ2) is 7.61. The van der Waals surface area contributed by atoms with Crippen LogP contribution in [0.25, 0.3) is 0 Å². The van der Waals surface area contributed by atoms with E-state index in [4.69, 9.17) is 9.47 Å². The zero-order valence-electron chi connectivity index (χ0n) is 13.2. The van der Waals surface area contributed by atoms with Crippen LogP contribution in [-0.4, -0.2) is 68.1 Å². The quantitative estimate of drug-likeness (QED) is 0.730. The molecule has 7 nitrogen and oxygen atoms in total. The normalized spacial score (nSPS) is 22.4. The minimum Gasteiger partial charge on any atom is -0.480 e. The molecule has 1 aliphatic heterocycles. The van der Waals surface area contributed by atoms with Gasteiger partial charge in [0.1, 0.15) is 6.04 Å². The van der Waals surface area contributed by atoms with Gasteiger partial charge in [-0.3, -0.25) is 0 Å². The Morgan fingerprint density at radius 2 is 2.05 bits per heavy atom. The van der Waals surface area contributed by atoms with Crippen molar-refractivity contribution in [2.75, 3.05) is 33.9 Å². The standard InChI is InChI=1S/C14H26N2O5/c1-14(2,5-6-20-3)9-15-13(19)16-8-10(21-4)7-11(16)12(17)18/h10-11H,5-9H2,1-4H3,(H,15,19)(H,17,18). The summed E-state index contributed by atoms with van der Waals surface area (Å²) in [6.45, 7) is 5.45. The average molecular weight is 302 g/mol. The predicted octanol–water partition coefficient (Wildman–Crippen LogP) is 0.933. The van der Waals surface area contributed by atoms with Crippen LogP contribution in [0, 0.1) is 5.41 Å². The molecule has 7 heteroatoms. The number of carboxylic acid groups (broad SMARTS) is 1. The third kappa shape index (κ3) is 5.17. The molecule has 0 aromatic rings. The molecule has 0 bridgehead atoms. The van der Waals surface area contributed by atoms with Gasteiger partial charge in [-0.25, -0.2) is 9.59 Å². The zero-order valence-corrected chi connectivity index (χ0v) is 13.2. The number of amides is 2. The summed E-state index contributed by atoms with van der Waals surface area (Å²) in [5, 5.41) is 12.0. The number of carboxylic acids is 1. The lowest BCUT2D eigenvalue weighted by Gasteiger charge is -2.27. The molecule has 0 radical (unpaired) electrons. The van der Waals surface area contributed by atoms with Crippen LogP contribution in [0.2, 0.25) is 0 Å². The van der Waals surface area contributed by atoms with Gasteiger partial charge in [0.2, 0.25) is 0 Å². The Hall–Kier alpha value is -1.34. The minimum atomic E-state index is -0.997. The topological polar surface area (TPSA) is 88.1 Å². The number of nitrogens with one attached hydrogen (secondary N) is 1. The highest BCUT2D eigenvalue weighted by Gasteiger charge is 2.40. The van der Waals surface area contributed by atoms with E-state index in [0.717, 1.165) is 6.42 Å². The number of hydrogen-bond acceptors (Lipinski definition) is 4. The molecular weight excluding hydrogens is 276 g/mol. The fraction of sp³-hybridized carbons (Fsp3) is 0.857. The Morgan fingerprint density at radius 3 is 2.57 bits per heavy atom. The average Bonchev–Trinajstić information content (AvgIpc) is 2.87. The van der Waals surface area contributed by atoms with Gasteiger partial charge < -0.3 is 24.8 Å². The van der Waals surface area contributed by atoms with Crippen molar-refractivity contribution in [3.8, 4) is 0 Å². The number of nitrogens with zero attached hydrogens (tertiary/aromatic N) is 1. The second-order valence-electron chi connectivity index (χ2n) is 6.17. The van der Waals surface area contributed by atoms with Crippen molar-refractivity contribution in [2.45, 2.75) is 38.8 Å². The first-order valence-corrected chi connectivity index (χ1v) is 7.09. The number of aliphatic carboxylic acids is 1. The Balaban J connectivity index is 2.55. The molecule has 1 rings (SSSR count). The molecule has 0 aromatic heterocycles. The summed E-state index contributed by atoms with van der Waals surface area (Å²) in [5.41, 5.74) is -0.106. The van der Waals surface area contributed by atoms with Crippen molar-refractivity contribution in [3.63, 3.8) is 0 Å². The third-order valence-electron chi connectivity index (χ3n) is 3.84. The van der Waals surface area contributed by atoms with Gasteiger partial charge >= 0.3 is 12.0 Å². The van der Waals surface area contributed by atoms with E-state index in [1.807, 2.05) is 13.8 Å². The van der Waals surface area contributed by atoms with Crippen LogP contribution >= 0.6 is 0 Å². The number of carbonyl (C=O) groups is 2. The monoisotopic (exact) mass is 302 g/mol. The van der Waals surface area contributed by atoms with Crippen LogP contribution in [0.15, 0.2) is 0 Å². The van der Waals surface area contributed by atoms with Crippen LogP contribution < -0.4 is 5.32 Å². The van der Waals surface area contributed by atoms with E-state index in [2.05, 4.69) is 5.32 Å². The highest BCUT2D eigenvalue weighted by Crippen LogP contribution is 2.22. The summed E-state index contributed by atoms with van der Waals surface area (Å²) in [5.74, 6) is -0.997. The number of methoxy groups -OCH3 is 2. The van der Waals surface area contributed by atoms with Crippen LogP contribution in [0.3, 0.4) is 0 Å². The fourth-order valence-electron chi connectivity index (χ4n) is 2.31. The van der Waals surface area contributed by atoms with Crippen molar-refractivity contribution in [3.05, 3.63) is 0 Å². The van der Waals surface area contributed by atoms with Gasteiger partial charge in [0.25, 0.3) is 0 Å². The molecule has 1 heterocycles. The van der Waals surface area contributed by atoms with Crippen molar-refractivity contribution in [1.29, 1.82) is 0 Å². The molecule has 2 atom stereocenters. The van der Waals surface area contributed by atoms with Gasteiger partial charge in [-0.2, -0.15) is 0 Å². The van der Waals surface area contributed by atoms with E-state index in [0.29, 0.717) is 26.1 Å².